The molecule has 0 aliphatic heterocycles. The molecule has 1 unspecified atom stereocenters. The van der Waals surface area contributed by atoms with Gasteiger partial charge in [0.2, 0.25) is 0 Å². The van der Waals surface area contributed by atoms with Gasteiger partial charge in [-0.2, -0.15) is 0 Å². The van der Waals surface area contributed by atoms with Crippen LogP contribution in [0.3, 0.4) is 0 Å². The van der Waals surface area contributed by atoms with Crippen molar-refractivity contribution in [2.45, 2.75) is 46.1 Å². The van der Waals surface area contributed by atoms with Gasteiger partial charge in [0, 0.05) is 12.2 Å². The van der Waals surface area contributed by atoms with Gasteiger partial charge in [-0.05, 0) is 57.2 Å². The number of hydrogen-bond donors (Lipinski definition) is 3. The standard InChI is InChI=1S/C22H28N2O3/c1-15-12-16(2)19(17(3)13-15)24-21(26)20(25)23-14-22(4,27)11-10-18-8-6-5-7-9-18/h5-9,12-13,27H,10-11,14H2,1-4H3,(H,23,25)(H,24,26). The fraction of sp³-hybridized carbons (Fsp3) is 0.364. The van der Waals surface area contributed by atoms with E-state index in [0.29, 0.717) is 18.5 Å². The number of aliphatic hydroxyl groups is 1. The minimum absolute atomic E-state index is 0.0119. The molecule has 5 heteroatoms. The molecule has 2 rings (SSSR count). The predicted molar refractivity (Wildman–Crippen MR) is 108 cm³/mol. The lowest BCUT2D eigenvalue weighted by molar-refractivity contribution is -0.136. The molecular weight excluding hydrogens is 340 g/mol. The number of amides is 2. The van der Waals surface area contributed by atoms with Crippen molar-refractivity contribution < 1.29 is 14.7 Å². The van der Waals surface area contributed by atoms with E-state index < -0.39 is 17.4 Å². The third kappa shape index (κ3) is 6.22. The Hall–Kier alpha value is -2.66. The van der Waals surface area contributed by atoms with Gasteiger partial charge in [0.1, 0.15) is 0 Å². The van der Waals surface area contributed by atoms with Crippen LogP contribution in [0, 0.1) is 20.8 Å². The zero-order valence-electron chi connectivity index (χ0n) is 16.4. The third-order valence-corrected chi connectivity index (χ3v) is 4.55. The molecule has 0 saturated heterocycles. The summed E-state index contributed by atoms with van der Waals surface area (Å²) in [5.41, 5.74) is 3.58. The lowest BCUT2D eigenvalue weighted by Gasteiger charge is -2.23. The van der Waals surface area contributed by atoms with E-state index in [0.717, 1.165) is 22.3 Å². The van der Waals surface area contributed by atoms with E-state index in [1.165, 1.54) is 0 Å². The molecule has 2 aromatic carbocycles. The number of carbonyl (C=O) groups excluding carboxylic acids is 2. The van der Waals surface area contributed by atoms with Gasteiger partial charge in [-0.25, -0.2) is 0 Å². The summed E-state index contributed by atoms with van der Waals surface area (Å²) in [5.74, 6) is -1.49. The lowest BCUT2D eigenvalue weighted by Crippen LogP contribution is -2.45. The molecule has 2 aromatic rings. The number of anilines is 1. The second-order valence-corrected chi connectivity index (χ2v) is 7.39. The summed E-state index contributed by atoms with van der Waals surface area (Å²) >= 11 is 0. The second kappa shape index (κ2) is 8.82. The summed E-state index contributed by atoms with van der Waals surface area (Å²) in [4.78, 5) is 24.3. The molecule has 0 spiro atoms. The molecular formula is C22H28N2O3. The highest BCUT2D eigenvalue weighted by molar-refractivity contribution is 6.39. The SMILES string of the molecule is Cc1cc(C)c(NC(=O)C(=O)NCC(C)(O)CCc2ccccc2)c(C)c1. The van der Waals surface area contributed by atoms with Crippen molar-refractivity contribution in [1.82, 2.24) is 5.32 Å². The van der Waals surface area contributed by atoms with E-state index in [-0.39, 0.29) is 6.54 Å². The molecule has 0 aromatic heterocycles. The maximum absolute atomic E-state index is 12.2. The van der Waals surface area contributed by atoms with Crippen LogP contribution < -0.4 is 10.6 Å². The monoisotopic (exact) mass is 368 g/mol. The molecule has 3 N–H and O–H groups in total. The quantitative estimate of drug-likeness (QED) is 0.686. The van der Waals surface area contributed by atoms with Crippen molar-refractivity contribution in [3.63, 3.8) is 0 Å². The molecule has 5 nitrogen and oxygen atoms in total. The van der Waals surface area contributed by atoms with Crippen LogP contribution in [0.15, 0.2) is 42.5 Å². The normalized spacial score (nSPS) is 12.9. The van der Waals surface area contributed by atoms with E-state index in [9.17, 15) is 14.7 Å². The topological polar surface area (TPSA) is 78.4 Å². The first kappa shape index (κ1) is 20.6. The number of rotatable bonds is 6. The van der Waals surface area contributed by atoms with Crippen molar-refractivity contribution in [3.8, 4) is 0 Å². The fourth-order valence-corrected chi connectivity index (χ4v) is 3.05. The summed E-state index contributed by atoms with van der Waals surface area (Å²) in [6, 6.07) is 13.7. The molecule has 0 aliphatic carbocycles. The van der Waals surface area contributed by atoms with Crippen molar-refractivity contribution in [3.05, 3.63) is 64.7 Å². The van der Waals surface area contributed by atoms with Gasteiger partial charge >= 0.3 is 11.8 Å². The maximum Gasteiger partial charge on any atom is 0.313 e. The number of nitrogens with one attached hydrogen (secondary N) is 2. The van der Waals surface area contributed by atoms with Gasteiger partial charge in [0.25, 0.3) is 0 Å². The highest BCUT2D eigenvalue weighted by Gasteiger charge is 2.23. The van der Waals surface area contributed by atoms with Crippen LogP contribution in [0.2, 0.25) is 0 Å². The maximum atomic E-state index is 12.2. The van der Waals surface area contributed by atoms with E-state index in [1.807, 2.05) is 63.2 Å². The summed E-state index contributed by atoms with van der Waals surface area (Å²) in [5, 5.41) is 15.7. The summed E-state index contributed by atoms with van der Waals surface area (Å²) in [6.45, 7) is 7.43. The Balaban J connectivity index is 1.88. The molecule has 0 fully saturated rings. The van der Waals surface area contributed by atoms with E-state index in [4.69, 9.17) is 0 Å². The zero-order valence-corrected chi connectivity index (χ0v) is 16.4. The van der Waals surface area contributed by atoms with Crippen LogP contribution in [-0.4, -0.2) is 29.1 Å². The minimum Gasteiger partial charge on any atom is -0.388 e. The molecule has 0 heterocycles. The molecule has 0 radical (unpaired) electrons. The van der Waals surface area contributed by atoms with Crippen molar-refractivity contribution in [2.24, 2.45) is 0 Å². The van der Waals surface area contributed by atoms with Crippen molar-refractivity contribution in [1.29, 1.82) is 0 Å². The Bertz CT molecular complexity index is 791. The largest absolute Gasteiger partial charge is 0.388 e. The average molecular weight is 368 g/mol. The van der Waals surface area contributed by atoms with Gasteiger partial charge in [-0.15, -0.1) is 0 Å². The van der Waals surface area contributed by atoms with Gasteiger partial charge in [0.05, 0.1) is 5.60 Å². The van der Waals surface area contributed by atoms with E-state index in [2.05, 4.69) is 10.6 Å². The Labute approximate surface area is 160 Å². The summed E-state index contributed by atoms with van der Waals surface area (Å²) < 4.78 is 0. The highest BCUT2D eigenvalue weighted by atomic mass is 16.3. The second-order valence-electron chi connectivity index (χ2n) is 7.39. The van der Waals surface area contributed by atoms with Crippen LogP contribution in [0.1, 0.15) is 35.6 Å². The highest BCUT2D eigenvalue weighted by Crippen LogP contribution is 2.21. The molecule has 1 atom stereocenters. The molecule has 0 bridgehead atoms. The number of carbonyl (C=O) groups is 2. The van der Waals surface area contributed by atoms with E-state index >= 15 is 0 Å². The average Bonchev–Trinajstić information content (AvgIpc) is 2.62. The van der Waals surface area contributed by atoms with Crippen LogP contribution >= 0.6 is 0 Å². The smallest absolute Gasteiger partial charge is 0.313 e. The fourth-order valence-electron chi connectivity index (χ4n) is 3.05. The minimum atomic E-state index is -1.10. The number of benzene rings is 2. The Morgan fingerprint density at radius 1 is 1.00 bits per heavy atom. The summed E-state index contributed by atoms with van der Waals surface area (Å²) in [7, 11) is 0. The molecule has 0 saturated carbocycles. The molecule has 27 heavy (non-hydrogen) atoms. The lowest BCUT2D eigenvalue weighted by atomic mass is 9.97. The Morgan fingerprint density at radius 3 is 2.19 bits per heavy atom. The van der Waals surface area contributed by atoms with Gasteiger partial charge < -0.3 is 15.7 Å². The number of hydrogen-bond acceptors (Lipinski definition) is 3. The van der Waals surface area contributed by atoms with Gasteiger partial charge in [-0.3, -0.25) is 9.59 Å². The van der Waals surface area contributed by atoms with Gasteiger partial charge in [-0.1, -0.05) is 48.0 Å². The zero-order chi connectivity index (χ0) is 20.0. The first-order valence-corrected chi connectivity index (χ1v) is 9.11. The molecule has 144 valence electrons. The van der Waals surface area contributed by atoms with Crippen molar-refractivity contribution >= 4 is 17.5 Å². The summed E-state index contributed by atoms with van der Waals surface area (Å²) in [6.07, 6.45) is 1.17. The molecule has 0 aliphatic rings. The predicted octanol–water partition coefficient (Wildman–Crippen LogP) is 3.05. The van der Waals surface area contributed by atoms with Crippen LogP contribution in [-0.2, 0) is 16.0 Å². The Morgan fingerprint density at radius 2 is 1.59 bits per heavy atom. The van der Waals surface area contributed by atoms with Crippen molar-refractivity contribution in [2.75, 3.05) is 11.9 Å². The third-order valence-electron chi connectivity index (χ3n) is 4.55. The number of aryl methyl sites for hydroxylation is 4. The van der Waals surface area contributed by atoms with Crippen LogP contribution in [0.4, 0.5) is 5.69 Å². The first-order chi connectivity index (χ1) is 12.7. The van der Waals surface area contributed by atoms with Crippen LogP contribution in [0.25, 0.3) is 0 Å². The molecule has 2 amide bonds. The van der Waals surface area contributed by atoms with Crippen LogP contribution in [0.5, 0.6) is 0 Å². The Kier molecular flexibility index (Phi) is 6.75. The first-order valence-electron chi connectivity index (χ1n) is 9.11. The van der Waals surface area contributed by atoms with Gasteiger partial charge in [0.15, 0.2) is 0 Å². The van der Waals surface area contributed by atoms with E-state index in [1.54, 1.807) is 6.92 Å².